The molecule has 2 nitrogen and oxygen atoms in total. The Morgan fingerprint density at radius 3 is 2.89 bits per heavy atom. The third-order valence-corrected chi connectivity index (χ3v) is 3.97. The molecule has 1 N–H and O–H groups in total. The lowest BCUT2D eigenvalue weighted by Gasteiger charge is -2.03. The maximum Gasteiger partial charge on any atom is 0.184 e. The molecule has 0 aliphatic rings. The Balaban J connectivity index is 1.80. The van der Waals surface area contributed by atoms with Crippen molar-refractivity contribution in [2.75, 3.05) is 5.32 Å². The lowest BCUT2D eigenvalue weighted by molar-refractivity contribution is 0.613. The second-order valence-corrected chi connectivity index (χ2v) is 5.54. The Labute approximate surface area is 118 Å². The zero-order valence-corrected chi connectivity index (χ0v) is 11.4. The number of hydrogen-bond acceptors (Lipinski definition) is 3. The van der Waals surface area contributed by atoms with Crippen molar-refractivity contribution in [3.05, 3.63) is 58.9 Å². The van der Waals surface area contributed by atoms with E-state index in [1.807, 2.05) is 24.3 Å². The van der Waals surface area contributed by atoms with Crippen molar-refractivity contribution >= 4 is 38.3 Å². The molecule has 1 heterocycles. The Morgan fingerprint density at radius 2 is 2.05 bits per heavy atom. The number of thiazole rings is 1. The minimum atomic E-state index is -0.209. The SMILES string of the molecule is Fc1ccccc1CNc1nc2cc(Cl)ccc2s1. The van der Waals surface area contributed by atoms with Gasteiger partial charge in [0.1, 0.15) is 5.82 Å². The van der Waals surface area contributed by atoms with Gasteiger partial charge < -0.3 is 5.32 Å². The second kappa shape index (κ2) is 5.15. The molecule has 0 saturated heterocycles. The highest BCUT2D eigenvalue weighted by Gasteiger charge is 2.05. The molecule has 0 radical (unpaired) electrons. The maximum absolute atomic E-state index is 13.5. The van der Waals surface area contributed by atoms with Gasteiger partial charge in [0, 0.05) is 17.1 Å². The van der Waals surface area contributed by atoms with E-state index in [1.165, 1.54) is 17.4 Å². The van der Waals surface area contributed by atoms with E-state index in [-0.39, 0.29) is 5.82 Å². The van der Waals surface area contributed by atoms with Gasteiger partial charge in [0.15, 0.2) is 5.13 Å². The summed E-state index contributed by atoms with van der Waals surface area (Å²) in [6, 6.07) is 12.3. The number of rotatable bonds is 3. The van der Waals surface area contributed by atoms with Crippen LogP contribution >= 0.6 is 22.9 Å². The maximum atomic E-state index is 13.5. The Hall–Kier alpha value is -1.65. The number of aromatic nitrogens is 1. The van der Waals surface area contributed by atoms with Crippen molar-refractivity contribution in [3.8, 4) is 0 Å². The molecule has 0 amide bonds. The Bertz CT molecular complexity index is 726. The highest BCUT2D eigenvalue weighted by atomic mass is 35.5. The fourth-order valence-corrected chi connectivity index (χ4v) is 2.80. The fraction of sp³-hybridized carbons (Fsp3) is 0.0714. The zero-order valence-electron chi connectivity index (χ0n) is 9.86. The Kier molecular flexibility index (Phi) is 3.36. The van der Waals surface area contributed by atoms with Crippen LogP contribution in [0.3, 0.4) is 0 Å². The van der Waals surface area contributed by atoms with E-state index in [2.05, 4.69) is 10.3 Å². The van der Waals surface area contributed by atoms with Gasteiger partial charge in [-0.05, 0) is 24.3 Å². The third kappa shape index (κ3) is 2.69. The number of nitrogens with zero attached hydrogens (tertiary/aromatic N) is 1. The van der Waals surface area contributed by atoms with Gasteiger partial charge in [-0.1, -0.05) is 41.1 Å². The first-order chi connectivity index (χ1) is 9.22. The predicted molar refractivity (Wildman–Crippen MR) is 78.4 cm³/mol. The summed E-state index contributed by atoms with van der Waals surface area (Å²) in [6.07, 6.45) is 0. The van der Waals surface area contributed by atoms with Crippen LogP contribution in [0.1, 0.15) is 5.56 Å². The minimum absolute atomic E-state index is 0.209. The van der Waals surface area contributed by atoms with Gasteiger partial charge in [0.25, 0.3) is 0 Å². The molecule has 0 spiro atoms. The number of nitrogens with one attached hydrogen (secondary N) is 1. The molecule has 0 aliphatic heterocycles. The predicted octanol–water partition coefficient (Wildman–Crippen LogP) is 4.70. The normalized spacial score (nSPS) is 10.8. The van der Waals surface area contributed by atoms with Crippen LogP contribution in [0.2, 0.25) is 5.02 Å². The number of fused-ring (bicyclic) bond motifs is 1. The smallest absolute Gasteiger partial charge is 0.184 e. The summed E-state index contributed by atoms with van der Waals surface area (Å²) < 4.78 is 14.5. The molecule has 0 saturated carbocycles. The van der Waals surface area contributed by atoms with Gasteiger partial charge in [-0.15, -0.1) is 0 Å². The first-order valence-electron chi connectivity index (χ1n) is 5.76. The minimum Gasteiger partial charge on any atom is -0.357 e. The highest BCUT2D eigenvalue weighted by Crippen LogP contribution is 2.28. The summed E-state index contributed by atoms with van der Waals surface area (Å²) in [7, 11) is 0. The lowest BCUT2D eigenvalue weighted by atomic mass is 10.2. The average Bonchev–Trinajstić information content (AvgIpc) is 2.79. The number of halogens is 2. The lowest BCUT2D eigenvalue weighted by Crippen LogP contribution is -2.00. The molecule has 1 aromatic heterocycles. The highest BCUT2D eigenvalue weighted by molar-refractivity contribution is 7.22. The van der Waals surface area contributed by atoms with Crippen molar-refractivity contribution < 1.29 is 4.39 Å². The van der Waals surface area contributed by atoms with Crippen molar-refractivity contribution in [1.82, 2.24) is 4.98 Å². The van der Waals surface area contributed by atoms with Crippen LogP contribution in [0.15, 0.2) is 42.5 Å². The largest absolute Gasteiger partial charge is 0.357 e. The van der Waals surface area contributed by atoms with Gasteiger partial charge in [0.05, 0.1) is 10.2 Å². The van der Waals surface area contributed by atoms with Gasteiger partial charge >= 0.3 is 0 Å². The molecule has 3 rings (SSSR count). The van der Waals surface area contributed by atoms with Crippen LogP contribution in [-0.2, 0) is 6.54 Å². The molecular formula is C14H10ClFN2S. The summed E-state index contributed by atoms with van der Waals surface area (Å²) in [5.41, 5.74) is 1.48. The van der Waals surface area contributed by atoms with E-state index in [1.54, 1.807) is 12.1 Å². The summed E-state index contributed by atoms with van der Waals surface area (Å²) in [5.74, 6) is -0.209. The number of anilines is 1. The third-order valence-electron chi connectivity index (χ3n) is 2.74. The van der Waals surface area contributed by atoms with Gasteiger partial charge in [-0.25, -0.2) is 9.37 Å². The van der Waals surface area contributed by atoms with Crippen LogP contribution in [0.5, 0.6) is 0 Å². The number of hydrogen-bond donors (Lipinski definition) is 1. The summed E-state index contributed by atoms with van der Waals surface area (Å²) >= 11 is 7.44. The van der Waals surface area contributed by atoms with Crippen LogP contribution in [0.25, 0.3) is 10.2 Å². The van der Waals surface area contributed by atoms with Crippen LogP contribution in [-0.4, -0.2) is 4.98 Å². The van der Waals surface area contributed by atoms with E-state index in [0.717, 1.165) is 15.3 Å². The first-order valence-corrected chi connectivity index (χ1v) is 6.95. The topological polar surface area (TPSA) is 24.9 Å². The van der Waals surface area contributed by atoms with Crippen LogP contribution < -0.4 is 5.32 Å². The molecule has 2 aromatic carbocycles. The summed E-state index contributed by atoms with van der Waals surface area (Å²) in [6.45, 7) is 0.417. The molecule has 19 heavy (non-hydrogen) atoms. The van der Waals surface area contributed by atoms with Gasteiger partial charge in [-0.2, -0.15) is 0 Å². The molecule has 0 aliphatic carbocycles. The molecule has 5 heteroatoms. The average molecular weight is 293 g/mol. The standard InChI is InChI=1S/C14H10ClFN2S/c15-10-5-6-13-12(7-10)18-14(19-13)17-8-9-3-1-2-4-11(9)16/h1-7H,8H2,(H,17,18). The molecular weight excluding hydrogens is 283 g/mol. The molecule has 0 unspecified atom stereocenters. The van der Waals surface area contributed by atoms with E-state index in [4.69, 9.17) is 11.6 Å². The molecule has 96 valence electrons. The molecule has 3 aromatic rings. The Morgan fingerprint density at radius 1 is 1.21 bits per heavy atom. The van der Waals surface area contributed by atoms with Crippen molar-refractivity contribution in [1.29, 1.82) is 0 Å². The van der Waals surface area contributed by atoms with E-state index in [9.17, 15) is 4.39 Å². The molecule has 0 bridgehead atoms. The fourth-order valence-electron chi connectivity index (χ4n) is 1.79. The van der Waals surface area contributed by atoms with Crippen LogP contribution in [0.4, 0.5) is 9.52 Å². The zero-order chi connectivity index (χ0) is 13.2. The number of benzene rings is 2. The van der Waals surface area contributed by atoms with E-state index < -0.39 is 0 Å². The van der Waals surface area contributed by atoms with Crippen molar-refractivity contribution in [3.63, 3.8) is 0 Å². The summed E-state index contributed by atoms with van der Waals surface area (Å²) in [5, 5.41) is 4.56. The first kappa shape index (κ1) is 12.4. The monoisotopic (exact) mass is 292 g/mol. The van der Waals surface area contributed by atoms with E-state index in [0.29, 0.717) is 17.1 Å². The van der Waals surface area contributed by atoms with Crippen molar-refractivity contribution in [2.45, 2.75) is 6.54 Å². The quantitative estimate of drug-likeness (QED) is 0.757. The summed E-state index contributed by atoms with van der Waals surface area (Å²) in [4.78, 5) is 4.42. The molecule has 0 fully saturated rings. The van der Waals surface area contributed by atoms with Gasteiger partial charge in [-0.3, -0.25) is 0 Å². The van der Waals surface area contributed by atoms with E-state index >= 15 is 0 Å². The second-order valence-electron chi connectivity index (χ2n) is 4.08. The van der Waals surface area contributed by atoms with Crippen molar-refractivity contribution in [2.24, 2.45) is 0 Å². The van der Waals surface area contributed by atoms with Gasteiger partial charge in [0.2, 0.25) is 0 Å². The molecule has 0 atom stereocenters. The van der Waals surface area contributed by atoms with Crippen LogP contribution in [0, 0.1) is 5.82 Å².